The van der Waals surface area contributed by atoms with E-state index in [1.54, 1.807) is 23.5 Å². The number of nitrogens with zero attached hydrogens (tertiary/aromatic N) is 2. The molecule has 3 aromatic carbocycles. The van der Waals surface area contributed by atoms with Gasteiger partial charge in [0.1, 0.15) is 17.0 Å². The van der Waals surface area contributed by atoms with E-state index in [1.807, 2.05) is 61.5 Å². The third kappa shape index (κ3) is 3.46. The van der Waals surface area contributed by atoms with E-state index < -0.39 is 0 Å². The summed E-state index contributed by atoms with van der Waals surface area (Å²) in [5, 5.41) is 4.46. The van der Waals surface area contributed by atoms with Crippen LogP contribution in [0.3, 0.4) is 0 Å². The number of fused-ring (bicyclic) bond motifs is 3. The summed E-state index contributed by atoms with van der Waals surface area (Å²) in [7, 11) is 0. The summed E-state index contributed by atoms with van der Waals surface area (Å²) in [5.74, 6) is 0.908. The first kappa shape index (κ1) is 17.8. The van der Waals surface area contributed by atoms with Gasteiger partial charge in [0.15, 0.2) is 5.13 Å². The highest BCUT2D eigenvalue weighted by Crippen LogP contribution is 2.35. The molecule has 1 N–H and O–H groups in total. The Balaban J connectivity index is 1.45. The minimum absolute atomic E-state index is 0.263. The van der Waals surface area contributed by atoms with Gasteiger partial charge in [-0.15, -0.1) is 11.3 Å². The molecule has 0 radical (unpaired) electrons. The SMILES string of the molecule is Cc1nc2c(ccc3nc(NC(=O)c4ccccc4Oc4ccccc4)sc32)s1. The highest BCUT2D eigenvalue weighted by atomic mass is 32.1. The third-order valence-electron chi connectivity index (χ3n) is 4.34. The fraction of sp³-hybridized carbons (Fsp3) is 0.0455. The van der Waals surface area contributed by atoms with Crippen LogP contribution in [0.25, 0.3) is 20.4 Å². The number of ether oxygens (including phenoxy) is 1. The van der Waals surface area contributed by atoms with Crippen molar-refractivity contribution in [1.82, 2.24) is 9.97 Å². The van der Waals surface area contributed by atoms with E-state index in [0.29, 0.717) is 22.2 Å². The second-order valence-corrected chi connectivity index (χ2v) is 8.61. The average molecular weight is 418 g/mol. The van der Waals surface area contributed by atoms with Gasteiger partial charge in [-0.1, -0.05) is 41.7 Å². The highest BCUT2D eigenvalue weighted by molar-refractivity contribution is 7.24. The molecule has 7 heteroatoms. The van der Waals surface area contributed by atoms with Crippen molar-refractivity contribution < 1.29 is 9.53 Å². The molecule has 2 heterocycles. The van der Waals surface area contributed by atoms with E-state index in [-0.39, 0.29) is 5.91 Å². The molecule has 0 saturated carbocycles. The highest BCUT2D eigenvalue weighted by Gasteiger charge is 2.16. The Morgan fingerprint density at radius 3 is 2.59 bits per heavy atom. The Bertz CT molecular complexity index is 1340. The molecule has 2 aromatic heterocycles. The number of amides is 1. The van der Waals surface area contributed by atoms with Crippen molar-refractivity contribution in [2.75, 3.05) is 5.32 Å². The predicted molar refractivity (Wildman–Crippen MR) is 118 cm³/mol. The first-order chi connectivity index (χ1) is 14.2. The zero-order valence-electron chi connectivity index (χ0n) is 15.4. The van der Waals surface area contributed by atoms with E-state index in [9.17, 15) is 4.79 Å². The molecule has 5 nitrogen and oxygen atoms in total. The number of anilines is 1. The van der Waals surface area contributed by atoms with Crippen LogP contribution in [0.15, 0.2) is 66.7 Å². The molecule has 5 rings (SSSR count). The van der Waals surface area contributed by atoms with E-state index >= 15 is 0 Å². The number of rotatable bonds is 4. The average Bonchev–Trinajstić information content (AvgIpc) is 3.31. The summed E-state index contributed by atoms with van der Waals surface area (Å²) in [4.78, 5) is 22.1. The van der Waals surface area contributed by atoms with Crippen molar-refractivity contribution in [3.63, 3.8) is 0 Å². The van der Waals surface area contributed by atoms with Crippen LogP contribution in [-0.2, 0) is 0 Å². The van der Waals surface area contributed by atoms with E-state index in [0.717, 1.165) is 25.4 Å². The molecule has 0 aliphatic heterocycles. The fourth-order valence-electron chi connectivity index (χ4n) is 3.06. The zero-order valence-corrected chi connectivity index (χ0v) is 17.0. The lowest BCUT2D eigenvalue weighted by atomic mass is 10.2. The van der Waals surface area contributed by atoms with Gasteiger partial charge in [0, 0.05) is 0 Å². The predicted octanol–water partition coefficient (Wildman–Crippen LogP) is 6.26. The fourth-order valence-corrected chi connectivity index (χ4v) is 4.92. The first-order valence-electron chi connectivity index (χ1n) is 8.97. The maximum absolute atomic E-state index is 12.9. The molecule has 0 aliphatic carbocycles. The quantitative estimate of drug-likeness (QED) is 0.375. The van der Waals surface area contributed by atoms with Crippen LogP contribution in [0.1, 0.15) is 15.4 Å². The Labute approximate surface area is 174 Å². The van der Waals surface area contributed by atoms with Gasteiger partial charge < -0.3 is 4.74 Å². The van der Waals surface area contributed by atoms with Gasteiger partial charge >= 0.3 is 0 Å². The molecule has 1 amide bonds. The van der Waals surface area contributed by atoms with Crippen LogP contribution in [-0.4, -0.2) is 15.9 Å². The van der Waals surface area contributed by atoms with Crippen LogP contribution in [0.2, 0.25) is 0 Å². The number of thiazole rings is 2. The second-order valence-electron chi connectivity index (χ2n) is 6.38. The molecule has 142 valence electrons. The molecule has 0 fully saturated rings. The van der Waals surface area contributed by atoms with Crippen molar-refractivity contribution in [2.45, 2.75) is 6.92 Å². The van der Waals surface area contributed by atoms with Crippen molar-refractivity contribution in [2.24, 2.45) is 0 Å². The Morgan fingerprint density at radius 1 is 0.931 bits per heavy atom. The van der Waals surface area contributed by atoms with Crippen LogP contribution in [0, 0.1) is 6.92 Å². The molecule has 0 saturated heterocycles. The van der Waals surface area contributed by atoms with Crippen molar-refractivity contribution in [3.8, 4) is 11.5 Å². The molecule has 0 unspecified atom stereocenters. The van der Waals surface area contributed by atoms with Gasteiger partial charge in [-0.3, -0.25) is 10.1 Å². The monoisotopic (exact) mass is 417 g/mol. The first-order valence-corrected chi connectivity index (χ1v) is 10.6. The maximum Gasteiger partial charge on any atom is 0.261 e. The lowest BCUT2D eigenvalue weighted by Crippen LogP contribution is -2.12. The normalized spacial score (nSPS) is 11.1. The molecule has 0 spiro atoms. The van der Waals surface area contributed by atoms with Crippen LogP contribution >= 0.6 is 22.7 Å². The molecular weight excluding hydrogens is 402 g/mol. The summed E-state index contributed by atoms with van der Waals surface area (Å²) in [5.41, 5.74) is 2.22. The Kier molecular flexibility index (Phi) is 4.46. The van der Waals surface area contributed by atoms with Gasteiger partial charge in [0.05, 0.1) is 25.5 Å². The number of carbonyl (C=O) groups is 1. The molecule has 0 atom stereocenters. The van der Waals surface area contributed by atoms with Gasteiger partial charge in [-0.05, 0) is 43.3 Å². The van der Waals surface area contributed by atoms with E-state index in [4.69, 9.17) is 4.74 Å². The second kappa shape index (κ2) is 7.27. The van der Waals surface area contributed by atoms with Crippen LogP contribution in [0.4, 0.5) is 5.13 Å². The molecule has 29 heavy (non-hydrogen) atoms. The smallest absolute Gasteiger partial charge is 0.261 e. The van der Waals surface area contributed by atoms with Crippen molar-refractivity contribution >= 4 is 54.1 Å². The number of nitrogens with one attached hydrogen (secondary N) is 1. The number of benzene rings is 3. The van der Waals surface area contributed by atoms with Crippen molar-refractivity contribution in [1.29, 1.82) is 0 Å². The third-order valence-corrected chi connectivity index (χ3v) is 6.27. The van der Waals surface area contributed by atoms with E-state index in [2.05, 4.69) is 15.3 Å². The van der Waals surface area contributed by atoms with Crippen LogP contribution < -0.4 is 10.1 Å². The van der Waals surface area contributed by atoms with Gasteiger partial charge in [-0.2, -0.15) is 0 Å². The molecule has 0 bridgehead atoms. The Hall–Kier alpha value is -3.29. The van der Waals surface area contributed by atoms with Gasteiger partial charge in [0.2, 0.25) is 0 Å². The lowest BCUT2D eigenvalue weighted by molar-refractivity contribution is 0.102. The number of hydrogen-bond donors (Lipinski definition) is 1. The number of aryl methyl sites for hydroxylation is 1. The van der Waals surface area contributed by atoms with Crippen LogP contribution in [0.5, 0.6) is 11.5 Å². The summed E-state index contributed by atoms with van der Waals surface area (Å²) >= 11 is 3.09. The zero-order chi connectivity index (χ0) is 19.8. The number of para-hydroxylation sites is 2. The standard InChI is InChI=1S/C22H15N3O2S2/c1-13-23-19-18(28-13)12-11-16-20(19)29-22(24-16)25-21(26)15-9-5-6-10-17(15)27-14-7-3-2-4-8-14/h2-12H,1H3,(H,24,25,26). The van der Waals surface area contributed by atoms with Crippen molar-refractivity contribution in [3.05, 3.63) is 77.3 Å². The molecular formula is C22H15N3O2S2. The number of hydrogen-bond acceptors (Lipinski definition) is 6. The summed E-state index contributed by atoms with van der Waals surface area (Å²) in [6.07, 6.45) is 0. The summed E-state index contributed by atoms with van der Waals surface area (Å²) in [6, 6.07) is 20.6. The lowest BCUT2D eigenvalue weighted by Gasteiger charge is -2.10. The number of carbonyl (C=O) groups excluding carboxylic acids is 1. The number of aromatic nitrogens is 2. The summed E-state index contributed by atoms with van der Waals surface area (Å²) in [6.45, 7) is 1.99. The topological polar surface area (TPSA) is 64.1 Å². The van der Waals surface area contributed by atoms with Gasteiger partial charge in [0.25, 0.3) is 5.91 Å². The van der Waals surface area contributed by atoms with Gasteiger partial charge in [-0.25, -0.2) is 9.97 Å². The maximum atomic E-state index is 12.9. The van der Waals surface area contributed by atoms with E-state index in [1.165, 1.54) is 11.3 Å². The molecule has 0 aliphatic rings. The minimum atomic E-state index is -0.263. The summed E-state index contributed by atoms with van der Waals surface area (Å²) < 4.78 is 8.01. The largest absolute Gasteiger partial charge is 0.457 e. The Morgan fingerprint density at radius 2 is 1.72 bits per heavy atom. The minimum Gasteiger partial charge on any atom is -0.457 e. The molecule has 5 aromatic rings.